The topological polar surface area (TPSA) is 61.8 Å². The van der Waals surface area contributed by atoms with Crippen LogP contribution in [0.4, 0.5) is 4.79 Å². The normalized spacial score (nSPS) is 18.0. The Morgan fingerprint density at radius 1 is 1.28 bits per heavy atom. The number of benzene rings is 1. The Labute approximate surface area is 151 Å². The largest absolute Gasteiger partial charge is 0.392 e. The quantitative estimate of drug-likeness (QED) is 0.831. The summed E-state index contributed by atoms with van der Waals surface area (Å²) in [7, 11) is 0. The molecule has 0 aliphatic carbocycles. The SMILES string of the molecule is Cc1ccccc1C1(CNC(=O)N(CC(C)O)C(C)C)CCOCC1. The maximum atomic E-state index is 12.7. The smallest absolute Gasteiger partial charge is 0.317 e. The van der Waals surface area contributed by atoms with E-state index in [2.05, 4.69) is 30.4 Å². The molecule has 0 bridgehead atoms. The summed E-state index contributed by atoms with van der Waals surface area (Å²) in [5.41, 5.74) is 2.46. The highest BCUT2D eigenvalue weighted by molar-refractivity contribution is 5.74. The number of aliphatic hydroxyl groups excluding tert-OH is 1. The Bertz CT molecular complexity index is 566. The van der Waals surface area contributed by atoms with Crippen LogP contribution in [0.2, 0.25) is 0 Å². The van der Waals surface area contributed by atoms with Gasteiger partial charge in [0.2, 0.25) is 0 Å². The van der Waals surface area contributed by atoms with Crippen molar-refractivity contribution < 1.29 is 14.6 Å². The molecule has 5 nitrogen and oxygen atoms in total. The number of amides is 2. The summed E-state index contributed by atoms with van der Waals surface area (Å²) in [6, 6.07) is 8.34. The van der Waals surface area contributed by atoms with Gasteiger partial charge >= 0.3 is 6.03 Å². The number of ether oxygens (including phenoxy) is 1. The molecule has 1 aromatic rings. The molecule has 1 fully saturated rings. The molecule has 1 saturated heterocycles. The van der Waals surface area contributed by atoms with Gasteiger partial charge in [0.25, 0.3) is 0 Å². The van der Waals surface area contributed by atoms with Crippen molar-refractivity contribution in [3.8, 4) is 0 Å². The summed E-state index contributed by atoms with van der Waals surface area (Å²) >= 11 is 0. The molecule has 1 unspecified atom stereocenters. The van der Waals surface area contributed by atoms with E-state index in [1.165, 1.54) is 11.1 Å². The van der Waals surface area contributed by atoms with Crippen molar-refractivity contribution in [2.75, 3.05) is 26.3 Å². The predicted molar refractivity (Wildman–Crippen MR) is 99.8 cm³/mol. The molecular weight excluding hydrogens is 316 g/mol. The van der Waals surface area contributed by atoms with Crippen LogP contribution in [0.5, 0.6) is 0 Å². The Morgan fingerprint density at radius 3 is 2.48 bits per heavy atom. The van der Waals surface area contributed by atoms with Gasteiger partial charge in [0.1, 0.15) is 0 Å². The molecule has 2 amide bonds. The van der Waals surface area contributed by atoms with Crippen LogP contribution >= 0.6 is 0 Å². The molecule has 2 N–H and O–H groups in total. The zero-order chi connectivity index (χ0) is 18.4. The molecule has 0 aromatic heterocycles. The van der Waals surface area contributed by atoms with E-state index in [-0.39, 0.29) is 17.5 Å². The number of urea groups is 1. The minimum absolute atomic E-state index is 0.0405. The molecule has 1 heterocycles. The first-order valence-electron chi connectivity index (χ1n) is 9.22. The standard InChI is InChI=1S/C20H32N2O3/c1-15(2)22(13-17(4)23)19(24)21-14-20(9-11-25-12-10-20)18-8-6-5-7-16(18)3/h5-8,15,17,23H,9-14H2,1-4H3,(H,21,24). The first-order chi connectivity index (χ1) is 11.9. The molecule has 0 spiro atoms. The highest BCUT2D eigenvalue weighted by Gasteiger charge is 2.36. The number of nitrogens with zero attached hydrogens (tertiary/aromatic N) is 1. The van der Waals surface area contributed by atoms with Gasteiger partial charge in [-0.2, -0.15) is 0 Å². The molecule has 5 heteroatoms. The Kier molecular flexibility index (Phi) is 6.85. The number of nitrogens with one attached hydrogen (secondary N) is 1. The second-order valence-corrected chi connectivity index (χ2v) is 7.46. The van der Waals surface area contributed by atoms with Crippen molar-refractivity contribution in [3.63, 3.8) is 0 Å². The number of rotatable bonds is 6. The third-order valence-electron chi connectivity index (χ3n) is 5.09. The van der Waals surface area contributed by atoms with Gasteiger partial charge in [-0.25, -0.2) is 4.79 Å². The molecule has 25 heavy (non-hydrogen) atoms. The van der Waals surface area contributed by atoms with Crippen molar-refractivity contribution in [1.29, 1.82) is 0 Å². The number of carbonyl (C=O) groups excluding carboxylic acids is 1. The zero-order valence-electron chi connectivity index (χ0n) is 15.9. The van der Waals surface area contributed by atoms with E-state index < -0.39 is 6.10 Å². The lowest BCUT2D eigenvalue weighted by atomic mass is 9.72. The average molecular weight is 348 g/mol. The van der Waals surface area contributed by atoms with Crippen LogP contribution in [-0.2, 0) is 10.2 Å². The molecule has 1 aliphatic heterocycles. The average Bonchev–Trinajstić information content (AvgIpc) is 2.58. The third kappa shape index (κ3) is 4.95. The maximum absolute atomic E-state index is 12.7. The Balaban J connectivity index is 2.15. The van der Waals surface area contributed by atoms with Crippen LogP contribution in [0.3, 0.4) is 0 Å². The van der Waals surface area contributed by atoms with E-state index in [1.54, 1.807) is 11.8 Å². The van der Waals surface area contributed by atoms with E-state index in [9.17, 15) is 9.90 Å². The van der Waals surface area contributed by atoms with Crippen molar-refractivity contribution in [2.24, 2.45) is 0 Å². The van der Waals surface area contributed by atoms with Crippen molar-refractivity contribution in [2.45, 2.75) is 58.1 Å². The molecule has 140 valence electrons. The lowest BCUT2D eigenvalue weighted by Crippen LogP contribution is -2.51. The molecule has 1 aliphatic rings. The monoisotopic (exact) mass is 348 g/mol. The Morgan fingerprint density at radius 2 is 1.92 bits per heavy atom. The van der Waals surface area contributed by atoms with Gasteiger partial charge in [0.05, 0.1) is 6.10 Å². The van der Waals surface area contributed by atoms with Crippen LogP contribution in [0.25, 0.3) is 0 Å². The maximum Gasteiger partial charge on any atom is 0.317 e. The van der Waals surface area contributed by atoms with Gasteiger partial charge in [-0.05, 0) is 51.7 Å². The molecule has 2 rings (SSSR count). The molecule has 0 radical (unpaired) electrons. The van der Waals surface area contributed by atoms with E-state index in [0.29, 0.717) is 26.3 Å². The van der Waals surface area contributed by atoms with E-state index in [0.717, 1.165) is 12.8 Å². The minimum Gasteiger partial charge on any atom is -0.392 e. The van der Waals surface area contributed by atoms with Gasteiger partial charge in [0, 0.05) is 37.8 Å². The summed E-state index contributed by atoms with van der Waals surface area (Å²) in [6.45, 7) is 10.1. The first kappa shape index (κ1) is 19.7. The number of carbonyl (C=O) groups is 1. The molecule has 0 saturated carbocycles. The van der Waals surface area contributed by atoms with Crippen LogP contribution in [0.15, 0.2) is 24.3 Å². The number of hydrogen-bond acceptors (Lipinski definition) is 3. The van der Waals surface area contributed by atoms with E-state index >= 15 is 0 Å². The first-order valence-corrected chi connectivity index (χ1v) is 9.22. The van der Waals surface area contributed by atoms with E-state index in [1.807, 2.05) is 19.9 Å². The summed E-state index contributed by atoms with van der Waals surface area (Å²) in [6.07, 6.45) is 1.26. The predicted octanol–water partition coefficient (Wildman–Crippen LogP) is 2.84. The fraction of sp³-hybridized carbons (Fsp3) is 0.650. The molecular formula is C20H32N2O3. The summed E-state index contributed by atoms with van der Waals surface area (Å²) in [4.78, 5) is 14.4. The number of aryl methyl sites for hydroxylation is 1. The minimum atomic E-state index is -0.540. The third-order valence-corrected chi connectivity index (χ3v) is 5.09. The highest BCUT2D eigenvalue weighted by Crippen LogP contribution is 2.36. The summed E-state index contributed by atoms with van der Waals surface area (Å²) in [5, 5.41) is 12.8. The fourth-order valence-corrected chi connectivity index (χ4v) is 3.63. The molecule has 1 aromatic carbocycles. The van der Waals surface area contributed by atoms with Crippen LogP contribution in [0.1, 0.15) is 44.7 Å². The van der Waals surface area contributed by atoms with Gasteiger partial charge in [-0.15, -0.1) is 0 Å². The highest BCUT2D eigenvalue weighted by atomic mass is 16.5. The number of aliphatic hydroxyl groups is 1. The summed E-state index contributed by atoms with van der Waals surface area (Å²) in [5.74, 6) is 0. The van der Waals surface area contributed by atoms with Crippen molar-refractivity contribution in [3.05, 3.63) is 35.4 Å². The zero-order valence-corrected chi connectivity index (χ0v) is 15.9. The lowest BCUT2D eigenvalue weighted by Gasteiger charge is -2.39. The molecule has 1 atom stereocenters. The van der Waals surface area contributed by atoms with Crippen LogP contribution in [0, 0.1) is 6.92 Å². The van der Waals surface area contributed by atoms with Crippen LogP contribution in [-0.4, -0.2) is 54.5 Å². The van der Waals surface area contributed by atoms with Gasteiger partial charge in [-0.1, -0.05) is 24.3 Å². The van der Waals surface area contributed by atoms with Crippen molar-refractivity contribution >= 4 is 6.03 Å². The second kappa shape index (κ2) is 8.68. The lowest BCUT2D eigenvalue weighted by molar-refractivity contribution is 0.0492. The fourth-order valence-electron chi connectivity index (χ4n) is 3.63. The number of hydrogen-bond donors (Lipinski definition) is 2. The van der Waals surface area contributed by atoms with Gasteiger partial charge < -0.3 is 20.1 Å². The summed E-state index contributed by atoms with van der Waals surface area (Å²) < 4.78 is 5.58. The van der Waals surface area contributed by atoms with Gasteiger partial charge in [0.15, 0.2) is 0 Å². The van der Waals surface area contributed by atoms with E-state index in [4.69, 9.17) is 4.74 Å². The van der Waals surface area contributed by atoms with Gasteiger partial charge in [-0.3, -0.25) is 0 Å². The second-order valence-electron chi connectivity index (χ2n) is 7.46. The Hall–Kier alpha value is -1.59. The van der Waals surface area contributed by atoms with Crippen LogP contribution < -0.4 is 5.32 Å². The van der Waals surface area contributed by atoms with Crippen molar-refractivity contribution in [1.82, 2.24) is 10.2 Å².